The summed E-state index contributed by atoms with van der Waals surface area (Å²) in [7, 11) is 3.29. The molecule has 0 atom stereocenters. The Bertz CT molecular complexity index is 681. The van der Waals surface area contributed by atoms with Gasteiger partial charge in [-0.3, -0.25) is 10.1 Å². The summed E-state index contributed by atoms with van der Waals surface area (Å²) in [5.74, 6) is 0.436. The van der Waals surface area contributed by atoms with Gasteiger partial charge in [-0.25, -0.2) is 4.79 Å². The second-order valence-electron chi connectivity index (χ2n) is 4.65. The van der Waals surface area contributed by atoms with Crippen LogP contribution in [0.4, 0.5) is 4.79 Å². The first-order chi connectivity index (χ1) is 10.5. The van der Waals surface area contributed by atoms with Crippen molar-refractivity contribution in [1.82, 2.24) is 25.4 Å². The van der Waals surface area contributed by atoms with Gasteiger partial charge in [0.15, 0.2) is 11.0 Å². The number of carbonyl (C=O) groups excluding carboxylic acids is 2. The molecule has 0 bridgehead atoms. The van der Waals surface area contributed by atoms with Crippen LogP contribution in [-0.4, -0.2) is 39.5 Å². The second-order valence-corrected chi connectivity index (χ2v) is 5.59. The zero-order chi connectivity index (χ0) is 16.1. The van der Waals surface area contributed by atoms with Crippen molar-refractivity contribution in [3.05, 3.63) is 29.8 Å². The summed E-state index contributed by atoms with van der Waals surface area (Å²) in [6.07, 6.45) is 0. The summed E-state index contributed by atoms with van der Waals surface area (Å²) in [5.41, 5.74) is 2.13. The topological polar surface area (TPSA) is 88.9 Å². The molecule has 116 valence electrons. The minimum atomic E-state index is -0.524. The third-order valence-electron chi connectivity index (χ3n) is 2.96. The third-order valence-corrected chi connectivity index (χ3v) is 3.98. The van der Waals surface area contributed by atoms with Gasteiger partial charge in [-0.15, -0.1) is 10.2 Å². The van der Waals surface area contributed by atoms with Crippen LogP contribution >= 0.6 is 11.8 Å². The molecule has 0 fully saturated rings. The molecule has 0 radical (unpaired) electrons. The monoisotopic (exact) mass is 319 g/mol. The van der Waals surface area contributed by atoms with E-state index in [4.69, 9.17) is 0 Å². The average molecular weight is 319 g/mol. The van der Waals surface area contributed by atoms with Gasteiger partial charge in [0.2, 0.25) is 5.91 Å². The van der Waals surface area contributed by atoms with E-state index < -0.39 is 6.03 Å². The summed E-state index contributed by atoms with van der Waals surface area (Å²) in [4.78, 5) is 22.6. The average Bonchev–Trinajstić information content (AvgIpc) is 2.87. The molecule has 2 rings (SSSR count). The van der Waals surface area contributed by atoms with E-state index in [1.165, 1.54) is 24.4 Å². The Morgan fingerprint density at radius 3 is 2.55 bits per heavy atom. The summed E-state index contributed by atoms with van der Waals surface area (Å²) < 4.78 is 1.82. The highest BCUT2D eigenvalue weighted by Gasteiger charge is 2.13. The van der Waals surface area contributed by atoms with Crippen LogP contribution in [0.15, 0.2) is 29.4 Å². The van der Waals surface area contributed by atoms with E-state index in [0.29, 0.717) is 5.16 Å². The maximum absolute atomic E-state index is 11.6. The molecule has 0 aliphatic carbocycles. The summed E-state index contributed by atoms with van der Waals surface area (Å²) in [6.45, 7) is 2.02. The van der Waals surface area contributed by atoms with Crippen LogP contribution in [0.25, 0.3) is 11.4 Å². The number of hydrogen-bond donors (Lipinski definition) is 2. The van der Waals surface area contributed by atoms with Gasteiger partial charge in [0.05, 0.1) is 5.75 Å². The van der Waals surface area contributed by atoms with Crippen LogP contribution in [0.3, 0.4) is 0 Å². The molecular weight excluding hydrogens is 302 g/mol. The van der Waals surface area contributed by atoms with E-state index in [1.807, 2.05) is 42.8 Å². The normalized spacial score (nSPS) is 10.3. The number of benzene rings is 1. The number of nitrogens with one attached hydrogen (secondary N) is 2. The quantitative estimate of drug-likeness (QED) is 0.830. The number of aromatic nitrogens is 3. The molecule has 1 aromatic heterocycles. The van der Waals surface area contributed by atoms with Crippen molar-refractivity contribution < 1.29 is 9.59 Å². The number of rotatable bonds is 4. The number of imide groups is 1. The van der Waals surface area contributed by atoms with Crippen molar-refractivity contribution in [2.24, 2.45) is 7.05 Å². The summed E-state index contributed by atoms with van der Waals surface area (Å²) in [5, 5.41) is 13.4. The predicted octanol–water partition coefficient (Wildman–Crippen LogP) is 1.34. The van der Waals surface area contributed by atoms with Crippen LogP contribution in [0.2, 0.25) is 0 Å². The van der Waals surface area contributed by atoms with Crippen molar-refractivity contribution in [2.75, 3.05) is 12.8 Å². The number of thioether (sulfide) groups is 1. The minimum absolute atomic E-state index is 0.0906. The molecule has 1 heterocycles. The highest BCUT2D eigenvalue weighted by Crippen LogP contribution is 2.22. The molecule has 2 N–H and O–H groups in total. The van der Waals surface area contributed by atoms with Crippen LogP contribution in [0.1, 0.15) is 5.56 Å². The first-order valence-corrected chi connectivity index (χ1v) is 7.60. The number of aryl methyl sites for hydroxylation is 1. The first kappa shape index (κ1) is 16.0. The highest BCUT2D eigenvalue weighted by atomic mass is 32.2. The molecule has 0 saturated carbocycles. The van der Waals surface area contributed by atoms with Gasteiger partial charge in [-0.1, -0.05) is 41.6 Å². The van der Waals surface area contributed by atoms with Crippen molar-refractivity contribution >= 4 is 23.7 Å². The molecule has 2 aromatic rings. The van der Waals surface area contributed by atoms with E-state index in [-0.39, 0.29) is 11.7 Å². The van der Waals surface area contributed by atoms with E-state index in [2.05, 4.69) is 20.8 Å². The molecule has 22 heavy (non-hydrogen) atoms. The smallest absolute Gasteiger partial charge is 0.321 e. The van der Waals surface area contributed by atoms with Gasteiger partial charge in [-0.05, 0) is 6.92 Å². The fraction of sp³-hybridized carbons (Fsp3) is 0.286. The lowest BCUT2D eigenvalue weighted by Gasteiger charge is -2.05. The van der Waals surface area contributed by atoms with Gasteiger partial charge in [0, 0.05) is 19.7 Å². The van der Waals surface area contributed by atoms with E-state index in [9.17, 15) is 9.59 Å². The van der Waals surface area contributed by atoms with Crippen molar-refractivity contribution in [3.8, 4) is 11.4 Å². The maximum atomic E-state index is 11.6. The van der Waals surface area contributed by atoms with Gasteiger partial charge < -0.3 is 9.88 Å². The zero-order valence-corrected chi connectivity index (χ0v) is 13.4. The number of carbonyl (C=O) groups is 2. The number of urea groups is 1. The van der Waals surface area contributed by atoms with Crippen LogP contribution in [0, 0.1) is 6.92 Å². The van der Waals surface area contributed by atoms with Crippen LogP contribution in [0.5, 0.6) is 0 Å². The van der Waals surface area contributed by atoms with E-state index in [1.54, 1.807) is 0 Å². The highest BCUT2D eigenvalue weighted by molar-refractivity contribution is 7.99. The Morgan fingerprint density at radius 1 is 1.23 bits per heavy atom. The molecule has 0 aliphatic rings. The Hall–Kier alpha value is -2.35. The molecular formula is C14H17N5O2S. The summed E-state index contributed by atoms with van der Waals surface area (Å²) >= 11 is 1.22. The zero-order valence-electron chi connectivity index (χ0n) is 12.6. The van der Waals surface area contributed by atoms with Gasteiger partial charge in [0.1, 0.15) is 0 Å². The molecule has 3 amide bonds. The number of nitrogens with zero attached hydrogens (tertiary/aromatic N) is 3. The minimum Gasteiger partial charge on any atom is -0.341 e. The maximum Gasteiger partial charge on any atom is 0.321 e. The van der Waals surface area contributed by atoms with Crippen molar-refractivity contribution in [2.45, 2.75) is 12.1 Å². The van der Waals surface area contributed by atoms with Crippen LogP contribution in [-0.2, 0) is 11.8 Å². The second kappa shape index (κ2) is 7.08. The van der Waals surface area contributed by atoms with Crippen molar-refractivity contribution in [1.29, 1.82) is 0 Å². The Morgan fingerprint density at radius 2 is 1.91 bits per heavy atom. The van der Waals surface area contributed by atoms with Crippen LogP contribution < -0.4 is 10.6 Å². The van der Waals surface area contributed by atoms with Crippen molar-refractivity contribution in [3.63, 3.8) is 0 Å². The Kier molecular flexibility index (Phi) is 5.16. The SMILES string of the molecule is CNC(=O)NC(=O)CSc1nnc(-c2ccc(C)cc2)n1C. The molecule has 1 aromatic carbocycles. The Labute approximate surface area is 132 Å². The van der Waals surface area contributed by atoms with E-state index in [0.717, 1.165) is 11.4 Å². The molecule has 7 nitrogen and oxygen atoms in total. The third kappa shape index (κ3) is 3.85. The standard InChI is InChI=1S/C14H17N5O2S/c1-9-4-6-10(7-5-9)12-17-18-14(19(12)3)22-8-11(20)16-13(21)15-2/h4-7H,8H2,1-3H3,(H2,15,16,20,21). The largest absolute Gasteiger partial charge is 0.341 e. The molecule has 0 aliphatic heterocycles. The van der Waals surface area contributed by atoms with E-state index >= 15 is 0 Å². The lowest BCUT2D eigenvalue weighted by atomic mass is 10.1. The number of amides is 3. The molecule has 0 spiro atoms. The lowest BCUT2D eigenvalue weighted by molar-refractivity contribution is -0.117. The summed E-state index contributed by atoms with van der Waals surface area (Å²) in [6, 6.07) is 7.45. The van der Waals surface area contributed by atoms with Gasteiger partial charge >= 0.3 is 6.03 Å². The fourth-order valence-corrected chi connectivity index (χ4v) is 2.46. The van der Waals surface area contributed by atoms with Gasteiger partial charge in [0.25, 0.3) is 0 Å². The Balaban J connectivity index is 2.03. The predicted molar refractivity (Wildman–Crippen MR) is 84.5 cm³/mol. The first-order valence-electron chi connectivity index (χ1n) is 6.62. The lowest BCUT2D eigenvalue weighted by Crippen LogP contribution is -2.38. The molecule has 0 unspecified atom stereocenters. The molecule has 0 saturated heterocycles. The van der Waals surface area contributed by atoms with Gasteiger partial charge in [-0.2, -0.15) is 0 Å². The number of hydrogen-bond acceptors (Lipinski definition) is 5. The fourth-order valence-electron chi connectivity index (χ4n) is 1.75. The molecule has 8 heteroatoms.